The van der Waals surface area contributed by atoms with Crippen LogP contribution in [0.1, 0.15) is 19.3 Å². The zero-order chi connectivity index (χ0) is 18.2. The van der Waals surface area contributed by atoms with E-state index in [2.05, 4.69) is 63.8 Å². The van der Waals surface area contributed by atoms with Crippen molar-refractivity contribution in [2.45, 2.75) is 25.8 Å². The Kier molecular flexibility index (Phi) is 6.61. The molecule has 3 rings (SSSR count). The molecule has 0 spiro atoms. The van der Waals surface area contributed by atoms with E-state index in [1.165, 1.54) is 5.69 Å². The first-order valence-electron chi connectivity index (χ1n) is 9.31. The lowest BCUT2D eigenvalue weighted by Crippen LogP contribution is -2.09. The second kappa shape index (κ2) is 9.34. The fraction of sp³-hybridized carbons (Fsp3) is 0.429. The molecule has 2 aromatic rings. The SMILES string of the molecule is CN(C)c1ccc(-c2cn(CCCCOCC3C=CC=CC3)nn2)cc1. The van der Waals surface area contributed by atoms with Crippen LogP contribution in [0.5, 0.6) is 0 Å². The van der Waals surface area contributed by atoms with Crippen molar-refractivity contribution in [2.24, 2.45) is 5.92 Å². The number of aryl methyl sites for hydroxylation is 1. The molecular formula is C21H28N4O. The van der Waals surface area contributed by atoms with Gasteiger partial charge in [0.15, 0.2) is 0 Å². The highest BCUT2D eigenvalue weighted by Crippen LogP contribution is 2.20. The van der Waals surface area contributed by atoms with Crippen molar-refractivity contribution in [3.05, 3.63) is 54.8 Å². The van der Waals surface area contributed by atoms with Gasteiger partial charge in [0, 0.05) is 44.4 Å². The van der Waals surface area contributed by atoms with Gasteiger partial charge in [0.2, 0.25) is 0 Å². The van der Waals surface area contributed by atoms with Crippen LogP contribution >= 0.6 is 0 Å². The van der Waals surface area contributed by atoms with Crippen LogP contribution in [0.2, 0.25) is 0 Å². The fourth-order valence-corrected chi connectivity index (χ4v) is 2.94. The van der Waals surface area contributed by atoms with Gasteiger partial charge < -0.3 is 9.64 Å². The molecule has 1 aliphatic carbocycles. The molecule has 0 fully saturated rings. The number of anilines is 1. The van der Waals surface area contributed by atoms with Crippen LogP contribution in [0, 0.1) is 5.92 Å². The molecule has 26 heavy (non-hydrogen) atoms. The van der Waals surface area contributed by atoms with E-state index in [4.69, 9.17) is 4.74 Å². The second-order valence-corrected chi connectivity index (χ2v) is 6.90. The van der Waals surface area contributed by atoms with Crippen molar-refractivity contribution in [2.75, 3.05) is 32.2 Å². The molecule has 1 aromatic heterocycles. The molecule has 0 saturated heterocycles. The lowest BCUT2D eigenvalue weighted by Gasteiger charge is -2.13. The number of allylic oxidation sites excluding steroid dienone is 3. The Balaban J connectivity index is 1.37. The Bertz CT molecular complexity index is 731. The lowest BCUT2D eigenvalue weighted by molar-refractivity contribution is 0.108. The normalized spacial score (nSPS) is 16.2. The summed E-state index contributed by atoms with van der Waals surface area (Å²) in [7, 11) is 4.08. The maximum Gasteiger partial charge on any atom is 0.113 e. The summed E-state index contributed by atoms with van der Waals surface area (Å²) in [6.45, 7) is 2.50. The molecule has 1 aliphatic rings. The summed E-state index contributed by atoms with van der Waals surface area (Å²) in [5.41, 5.74) is 3.20. The first kappa shape index (κ1) is 18.4. The number of nitrogens with zero attached hydrogens (tertiary/aromatic N) is 4. The third-order valence-electron chi connectivity index (χ3n) is 4.55. The predicted octanol–water partition coefficient (Wildman–Crippen LogP) is 3.94. The largest absolute Gasteiger partial charge is 0.381 e. The fourth-order valence-electron chi connectivity index (χ4n) is 2.94. The lowest BCUT2D eigenvalue weighted by atomic mass is 10.0. The molecule has 0 aliphatic heterocycles. The van der Waals surface area contributed by atoms with E-state index in [1.807, 2.05) is 25.0 Å². The highest BCUT2D eigenvalue weighted by molar-refractivity contribution is 5.61. The molecule has 5 nitrogen and oxygen atoms in total. The van der Waals surface area contributed by atoms with Gasteiger partial charge in [-0.2, -0.15) is 0 Å². The van der Waals surface area contributed by atoms with Gasteiger partial charge in [-0.05, 0) is 31.4 Å². The minimum atomic E-state index is 0.539. The Morgan fingerprint density at radius 2 is 2.00 bits per heavy atom. The zero-order valence-electron chi connectivity index (χ0n) is 15.7. The predicted molar refractivity (Wildman–Crippen MR) is 106 cm³/mol. The van der Waals surface area contributed by atoms with Gasteiger partial charge in [-0.15, -0.1) is 5.10 Å². The number of hydrogen-bond acceptors (Lipinski definition) is 4. The van der Waals surface area contributed by atoms with Gasteiger partial charge in [-0.25, -0.2) is 0 Å². The van der Waals surface area contributed by atoms with Gasteiger partial charge >= 0.3 is 0 Å². The minimum Gasteiger partial charge on any atom is -0.381 e. The molecule has 0 radical (unpaired) electrons. The van der Waals surface area contributed by atoms with Crippen molar-refractivity contribution in [1.29, 1.82) is 0 Å². The molecule has 1 aromatic carbocycles. The van der Waals surface area contributed by atoms with Crippen molar-refractivity contribution in [3.8, 4) is 11.3 Å². The van der Waals surface area contributed by atoms with E-state index in [0.29, 0.717) is 5.92 Å². The topological polar surface area (TPSA) is 43.2 Å². The number of ether oxygens (including phenoxy) is 1. The number of hydrogen-bond donors (Lipinski definition) is 0. The average molecular weight is 352 g/mol. The van der Waals surface area contributed by atoms with Crippen molar-refractivity contribution >= 4 is 5.69 Å². The number of rotatable bonds is 9. The van der Waals surface area contributed by atoms with Gasteiger partial charge in [0.05, 0.1) is 12.8 Å². The summed E-state index contributed by atoms with van der Waals surface area (Å²) in [5.74, 6) is 0.539. The van der Waals surface area contributed by atoms with Crippen LogP contribution in [-0.4, -0.2) is 42.3 Å². The molecule has 0 amide bonds. The third-order valence-corrected chi connectivity index (χ3v) is 4.55. The van der Waals surface area contributed by atoms with Crippen LogP contribution in [-0.2, 0) is 11.3 Å². The zero-order valence-corrected chi connectivity index (χ0v) is 15.7. The molecular weight excluding hydrogens is 324 g/mol. The smallest absolute Gasteiger partial charge is 0.113 e. The number of unbranched alkanes of at least 4 members (excludes halogenated alkanes) is 1. The molecule has 0 N–H and O–H groups in total. The Morgan fingerprint density at radius 3 is 2.73 bits per heavy atom. The molecule has 0 saturated carbocycles. The maximum atomic E-state index is 5.78. The maximum absolute atomic E-state index is 5.78. The van der Waals surface area contributed by atoms with Gasteiger partial charge in [-0.3, -0.25) is 4.68 Å². The van der Waals surface area contributed by atoms with E-state index in [9.17, 15) is 0 Å². The summed E-state index contributed by atoms with van der Waals surface area (Å²) in [6, 6.07) is 8.38. The molecule has 1 atom stereocenters. The van der Waals surface area contributed by atoms with Gasteiger partial charge in [0.25, 0.3) is 0 Å². The molecule has 1 heterocycles. The van der Waals surface area contributed by atoms with Crippen molar-refractivity contribution in [1.82, 2.24) is 15.0 Å². The second-order valence-electron chi connectivity index (χ2n) is 6.90. The van der Waals surface area contributed by atoms with Crippen LogP contribution in [0.3, 0.4) is 0 Å². The summed E-state index contributed by atoms with van der Waals surface area (Å²) in [4.78, 5) is 2.09. The quantitative estimate of drug-likeness (QED) is 0.641. The summed E-state index contributed by atoms with van der Waals surface area (Å²) in [6.07, 6.45) is 13.8. The standard InChI is InChI=1S/C21H28N4O/c1-24(2)20-12-10-19(11-13-20)21-16-25(23-22-21)14-6-7-15-26-17-18-8-4-3-5-9-18/h3-5,8,10-13,16,18H,6-7,9,14-15,17H2,1-2H3. The molecule has 138 valence electrons. The van der Waals surface area contributed by atoms with Gasteiger partial charge in [-0.1, -0.05) is 41.7 Å². The van der Waals surface area contributed by atoms with E-state index in [1.54, 1.807) is 0 Å². The van der Waals surface area contributed by atoms with Crippen molar-refractivity contribution < 1.29 is 4.74 Å². The van der Waals surface area contributed by atoms with E-state index in [0.717, 1.165) is 50.3 Å². The number of benzene rings is 1. The Hall–Kier alpha value is -2.40. The van der Waals surface area contributed by atoms with E-state index in [-0.39, 0.29) is 0 Å². The highest BCUT2D eigenvalue weighted by atomic mass is 16.5. The number of aromatic nitrogens is 3. The van der Waals surface area contributed by atoms with Crippen LogP contribution in [0.25, 0.3) is 11.3 Å². The van der Waals surface area contributed by atoms with Gasteiger partial charge in [0.1, 0.15) is 5.69 Å². The van der Waals surface area contributed by atoms with Crippen molar-refractivity contribution in [3.63, 3.8) is 0 Å². The van der Waals surface area contributed by atoms with Crippen LogP contribution < -0.4 is 4.90 Å². The highest BCUT2D eigenvalue weighted by Gasteiger charge is 2.06. The summed E-state index contributed by atoms with van der Waals surface area (Å²) < 4.78 is 7.70. The first-order chi connectivity index (χ1) is 12.7. The van der Waals surface area contributed by atoms with Crippen LogP contribution in [0.15, 0.2) is 54.8 Å². The minimum absolute atomic E-state index is 0.539. The molecule has 5 heteroatoms. The van der Waals surface area contributed by atoms with E-state index < -0.39 is 0 Å². The van der Waals surface area contributed by atoms with E-state index >= 15 is 0 Å². The first-order valence-corrected chi connectivity index (χ1v) is 9.31. The third kappa shape index (κ3) is 5.30. The van der Waals surface area contributed by atoms with Crippen LogP contribution in [0.4, 0.5) is 5.69 Å². The summed E-state index contributed by atoms with van der Waals surface area (Å²) in [5, 5.41) is 8.53. The summed E-state index contributed by atoms with van der Waals surface area (Å²) >= 11 is 0. The Morgan fingerprint density at radius 1 is 1.15 bits per heavy atom. The monoisotopic (exact) mass is 352 g/mol. The molecule has 0 bridgehead atoms. The molecule has 1 unspecified atom stereocenters. The average Bonchev–Trinajstić information content (AvgIpc) is 3.14. The Labute approximate surface area is 156 Å².